The first kappa shape index (κ1) is 14.4. The summed E-state index contributed by atoms with van der Waals surface area (Å²) in [6.45, 7) is 6.69. The van der Waals surface area contributed by atoms with Gasteiger partial charge in [-0.05, 0) is 19.8 Å². The van der Waals surface area contributed by atoms with Crippen LogP contribution in [0.25, 0.3) is 0 Å². The number of amides is 1. The van der Waals surface area contributed by atoms with E-state index in [1.165, 1.54) is 0 Å². The van der Waals surface area contributed by atoms with Crippen molar-refractivity contribution >= 4 is 5.91 Å². The van der Waals surface area contributed by atoms with E-state index in [-0.39, 0.29) is 18.1 Å². The number of rotatable bonds is 8. The van der Waals surface area contributed by atoms with Gasteiger partial charge >= 0.3 is 0 Å². The maximum absolute atomic E-state index is 11.8. The van der Waals surface area contributed by atoms with Crippen molar-refractivity contribution < 1.29 is 14.3 Å². The molecular formula is C12H24N2O3. The largest absolute Gasteiger partial charge is 0.382 e. The van der Waals surface area contributed by atoms with Crippen LogP contribution in [-0.2, 0) is 14.3 Å². The molecule has 100 valence electrons. The third kappa shape index (κ3) is 4.26. The predicted molar refractivity (Wildman–Crippen MR) is 65.7 cm³/mol. The van der Waals surface area contributed by atoms with Gasteiger partial charge in [-0.3, -0.25) is 10.1 Å². The highest BCUT2D eigenvalue weighted by atomic mass is 16.5. The summed E-state index contributed by atoms with van der Waals surface area (Å²) in [5, 5.41) is 3.28. The fourth-order valence-electron chi connectivity index (χ4n) is 2.04. The van der Waals surface area contributed by atoms with Crippen molar-refractivity contribution in [3.8, 4) is 0 Å². The Kier molecular flexibility index (Phi) is 6.47. The summed E-state index contributed by atoms with van der Waals surface area (Å²) >= 11 is 0. The second-order valence-corrected chi connectivity index (χ2v) is 4.30. The normalized spacial score (nSPS) is 24.6. The molecular weight excluding hydrogens is 220 g/mol. The van der Waals surface area contributed by atoms with E-state index in [1.807, 2.05) is 11.8 Å². The third-order valence-corrected chi connectivity index (χ3v) is 2.98. The molecule has 2 unspecified atom stereocenters. The Labute approximate surface area is 103 Å². The molecule has 0 saturated carbocycles. The van der Waals surface area contributed by atoms with Gasteiger partial charge in [0.05, 0.1) is 25.4 Å². The van der Waals surface area contributed by atoms with E-state index in [4.69, 9.17) is 9.47 Å². The average Bonchev–Trinajstić information content (AvgIpc) is 2.60. The fraction of sp³-hybridized carbons (Fsp3) is 0.917. The van der Waals surface area contributed by atoms with E-state index in [0.717, 1.165) is 19.4 Å². The topological polar surface area (TPSA) is 50.8 Å². The lowest BCUT2D eigenvalue weighted by atomic mass is 10.3. The molecule has 0 radical (unpaired) electrons. The Morgan fingerprint density at radius 1 is 1.35 bits per heavy atom. The van der Waals surface area contributed by atoms with Gasteiger partial charge in [0.2, 0.25) is 5.91 Å². The van der Waals surface area contributed by atoms with Crippen LogP contribution in [0.15, 0.2) is 0 Å². The third-order valence-electron chi connectivity index (χ3n) is 2.98. The van der Waals surface area contributed by atoms with Crippen LogP contribution >= 0.6 is 0 Å². The lowest BCUT2D eigenvalue weighted by Crippen LogP contribution is -2.37. The first-order valence-corrected chi connectivity index (χ1v) is 6.34. The van der Waals surface area contributed by atoms with Crippen LogP contribution in [0.5, 0.6) is 0 Å². The molecule has 1 amide bonds. The molecule has 1 saturated heterocycles. The molecule has 1 heterocycles. The lowest BCUT2D eigenvalue weighted by molar-refractivity contribution is -0.130. The standard InChI is InChI=1S/C12H24N2O3/c1-4-11-13-10(2)12(15)14(11)6-5-7-17-9-8-16-3/h10-11,13H,4-9H2,1-3H3. The predicted octanol–water partition coefficient (Wildman–Crippen LogP) is 0.596. The Morgan fingerprint density at radius 2 is 2.12 bits per heavy atom. The van der Waals surface area contributed by atoms with Gasteiger partial charge in [0, 0.05) is 20.3 Å². The smallest absolute Gasteiger partial charge is 0.240 e. The zero-order chi connectivity index (χ0) is 12.7. The molecule has 2 atom stereocenters. The Balaban J connectivity index is 2.18. The van der Waals surface area contributed by atoms with Crippen LogP contribution in [-0.4, -0.2) is 56.5 Å². The molecule has 5 heteroatoms. The van der Waals surface area contributed by atoms with Crippen molar-refractivity contribution in [2.24, 2.45) is 0 Å². The zero-order valence-corrected chi connectivity index (χ0v) is 11.1. The second-order valence-electron chi connectivity index (χ2n) is 4.30. The van der Waals surface area contributed by atoms with Gasteiger partial charge < -0.3 is 14.4 Å². The summed E-state index contributed by atoms with van der Waals surface area (Å²) in [6, 6.07) is -0.0469. The van der Waals surface area contributed by atoms with Crippen molar-refractivity contribution in [1.29, 1.82) is 0 Å². The molecule has 5 nitrogen and oxygen atoms in total. The van der Waals surface area contributed by atoms with Crippen molar-refractivity contribution in [3.05, 3.63) is 0 Å². The maximum atomic E-state index is 11.8. The summed E-state index contributed by atoms with van der Waals surface area (Å²) in [5.41, 5.74) is 0. The number of nitrogens with one attached hydrogen (secondary N) is 1. The lowest BCUT2D eigenvalue weighted by Gasteiger charge is -2.22. The minimum atomic E-state index is -0.0469. The summed E-state index contributed by atoms with van der Waals surface area (Å²) in [4.78, 5) is 13.8. The van der Waals surface area contributed by atoms with Crippen LogP contribution in [0.1, 0.15) is 26.7 Å². The fourth-order valence-corrected chi connectivity index (χ4v) is 2.04. The van der Waals surface area contributed by atoms with Gasteiger partial charge in [0.15, 0.2) is 0 Å². The number of nitrogens with zero attached hydrogens (tertiary/aromatic N) is 1. The van der Waals surface area contributed by atoms with E-state index < -0.39 is 0 Å². The van der Waals surface area contributed by atoms with Crippen LogP contribution < -0.4 is 5.32 Å². The van der Waals surface area contributed by atoms with Gasteiger partial charge in [-0.25, -0.2) is 0 Å². The molecule has 1 N–H and O–H groups in total. The van der Waals surface area contributed by atoms with E-state index in [9.17, 15) is 4.79 Å². The molecule has 1 aliphatic heterocycles. The SMILES string of the molecule is CCC1NC(C)C(=O)N1CCCOCCOC. The Hall–Kier alpha value is -0.650. The van der Waals surface area contributed by atoms with Crippen LogP contribution in [0.2, 0.25) is 0 Å². The minimum Gasteiger partial charge on any atom is -0.382 e. The maximum Gasteiger partial charge on any atom is 0.240 e. The van der Waals surface area contributed by atoms with Crippen molar-refractivity contribution in [3.63, 3.8) is 0 Å². The first-order chi connectivity index (χ1) is 8.20. The van der Waals surface area contributed by atoms with Gasteiger partial charge in [0.1, 0.15) is 0 Å². The summed E-state index contributed by atoms with van der Waals surface area (Å²) in [6.07, 6.45) is 2.01. The molecule has 0 aliphatic carbocycles. The number of ether oxygens (including phenoxy) is 2. The van der Waals surface area contributed by atoms with E-state index in [0.29, 0.717) is 19.8 Å². The Morgan fingerprint density at radius 3 is 2.76 bits per heavy atom. The van der Waals surface area contributed by atoms with E-state index in [2.05, 4.69) is 12.2 Å². The molecule has 0 bridgehead atoms. The highest BCUT2D eigenvalue weighted by Crippen LogP contribution is 2.13. The molecule has 1 fully saturated rings. The average molecular weight is 244 g/mol. The summed E-state index contributed by atoms with van der Waals surface area (Å²) in [7, 11) is 1.66. The monoisotopic (exact) mass is 244 g/mol. The van der Waals surface area contributed by atoms with Crippen LogP contribution in [0.3, 0.4) is 0 Å². The van der Waals surface area contributed by atoms with Gasteiger partial charge in [-0.1, -0.05) is 6.92 Å². The summed E-state index contributed by atoms with van der Waals surface area (Å²) < 4.78 is 10.3. The van der Waals surface area contributed by atoms with Crippen molar-refractivity contribution in [2.45, 2.75) is 38.9 Å². The van der Waals surface area contributed by atoms with Crippen molar-refractivity contribution in [1.82, 2.24) is 10.2 Å². The zero-order valence-electron chi connectivity index (χ0n) is 11.1. The summed E-state index contributed by atoms with van der Waals surface area (Å²) in [5.74, 6) is 0.203. The van der Waals surface area contributed by atoms with Crippen LogP contribution in [0.4, 0.5) is 0 Å². The molecule has 0 aromatic carbocycles. The molecule has 1 aliphatic rings. The van der Waals surface area contributed by atoms with Gasteiger partial charge in [-0.2, -0.15) is 0 Å². The second kappa shape index (κ2) is 7.63. The number of hydrogen-bond acceptors (Lipinski definition) is 4. The van der Waals surface area contributed by atoms with E-state index >= 15 is 0 Å². The molecule has 17 heavy (non-hydrogen) atoms. The number of hydrogen-bond donors (Lipinski definition) is 1. The molecule has 0 aromatic rings. The molecule has 0 aromatic heterocycles. The van der Waals surface area contributed by atoms with Crippen molar-refractivity contribution in [2.75, 3.05) is 33.5 Å². The highest BCUT2D eigenvalue weighted by molar-refractivity contribution is 5.83. The highest BCUT2D eigenvalue weighted by Gasteiger charge is 2.34. The molecule has 1 rings (SSSR count). The van der Waals surface area contributed by atoms with E-state index in [1.54, 1.807) is 7.11 Å². The van der Waals surface area contributed by atoms with Gasteiger partial charge in [-0.15, -0.1) is 0 Å². The Bertz CT molecular complexity index is 236. The first-order valence-electron chi connectivity index (χ1n) is 6.34. The minimum absolute atomic E-state index is 0.0469. The quantitative estimate of drug-likeness (QED) is 0.635. The molecule has 0 spiro atoms. The number of carbonyl (C=O) groups excluding carboxylic acids is 1. The van der Waals surface area contributed by atoms with Crippen LogP contribution in [0, 0.1) is 0 Å². The van der Waals surface area contributed by atoms with Gasteiger partial charge in [0.25, 0.3) is 0 Å². The number of methoxy groups -OCH3 is 1. The number of carbonyl (C=O) groups is 1.